The van der Waals surface area contributed by atoms with Crippen LogP contribution in [0.5, 0.6) is 5.75 Å². The van der Waals surface area contributed by atoms with Crippen molar-refractivity contribution in [3.8, 4) is 5.75 Å². The standard InChI is InChI=1S/C23H38N2O3.C5H12.C3H8.2C2H6.CH5N/c1-8-10-25(11-9-2)15-20-13-21(23(5,6)7)12-19(14-24)22(20)28-18(4)27-16-17(3)26;1-3-5-4-2;1-3-2;3*1-2/h12-14,18,24H,8-11,15-16H2,1-7H3;3-5H2,1-2H3;3H2,1-2H3;2*1-2H3;2H2,1H3. The molecule has 6 nitrogen and oxygen atoms in total. The molecule has 0 radical (unpaired) electrons. The summed E-state index contributed by atoms with van der Waals surface area (Å²) in [6.45, 7) is 33.7. The summed E-state index contributed by atoms with van der Waals surface area (Å²) in [5.74, 6) is 0.638. The van der Waals surface area contributed by atoms with Crippen LogP contribution in [0.3, 0.4) is 0 Å². The number of nitrogens with one attached hydrogen (secondary N) is 1. The Morgan fingerprint density at radius 1 is 0.929 bits per heavy atom. The Hall–Kier alpha value is -1.76. The smallest absolute Gasteiger partial charge is 0.197 e. The molecule has 0 fully saturated rings. The van der Waals surface area contributed by atoms with Crippen LogP contribution in [-0.4, -0.2) is 49.9 Å². The molecule has 0 aliphatic heterocycles. The topological polar surface area (TPSA) is 88.6 Å². The quantitative estimate of drug-likeness (QED) is 0.164. The monoisotopic (exact) mass is 598 g/mol. The van der Waals surface area contributed by atoms with E-state index in [0.29, 0.717) is 5.75 Å². The Balaban J connectivity index is -0.000000276. The second-order valence-corrected chi connectivity index (χ2v) is 10.5. The number of hydrogen-bond donors (Lipinski definition) is 2. The third kappa shape index (κ3) is 28.4. The summed E-state index contributed by atoms with van der Waals surface area (Å²) in [5.41, 5.74) is 7.46. The molecule has 42 heavy (non-hydrogen) atoms. The highest BCUT2D eigenvalue weighted by atomic mass is 16.7. The SMILES string of the molecule is CC.CC.CCC.CCCCC.CCCN(CCC)Cc1cc(C(C)(C)C)cc(C=N)c1OC(C)OCC(C)=O.CN. The highest BCUT2D eigenvalue weighted by Crippen LogP contribution is 2.33. The molecule has 0 saturated carbocycles. The normalized spacial score (nSPS) is 10.4. The van der Waals surface area contributed by atoms with Crippen molar-refractivity contribution < 1.29 is 14.3 Å². The number of nitrogens with zero attached hydrogens (tertiary/aromatic N) is 1. The number of rotatable bonds is 14. The summed E-state index contributed by atoms with van der Waals surface area (Å²) in [5, 5.41) is 7.93. The molecule has 0 aliphatic carbocycles. The Kier molecular flexibility index (Phi) is 42.1. The van der Waals surface area contributed by atoms with Crippen LogP contribution >= 0.6 is 0 Å². The van der Waals surface area contributed by atoms with Gasteiger partial charge in [-0.25, -0.2) is 0 Å². The molecule has 1 rings (SSSR count). The molecule has 0 heterocycles. The number of ether oxygens (including phenoxy) is 2. The maximum absolute atomic E-state index is 11.2. The van der Waals surface area contributed by atoms with Crippen LogP contribution in [0.1, 0.15) is 159 Å². The van der Waals surface area contributed by atoms with Crippen molar-refractivity contribution in [1.82, 2.24) is 4.90 Å². The lowest BCUT2D eigenvalue weighted by atomic mass is 9.84. The third-order valence-electron chi connectivity index (χ3n) is 5.20. The van der Waals surface area contributed by atoms with Crippen molar-refractivity contribution in [3.63, 3.8) is 0 Å². The van der Waals surface area contributed by atoms with Crippen molar-refractivity contribution in [2.45, 2.75) is 161 Å². The predicted molar refractivity (Wildman–Crippen MR) is 190 cm³/mol. The fraction of sp³-hybridized carbons (Fsp3) is 0.778. The molecule has 0 aromatic heterocycles. The Labute approximate surface area is 264 Å². The summed E-state index contributed by atoms with van der Waals surface area (Å²) >= 11 is 0. The van der Waals surface area contributed by atoms with E-state index in [0.717, 1.165) is 43.6 Å². The van der Waals surface area contributed by atoms with Crippen LogP contribution in [-0.2, 0) is 21.5 Å². The summed E-state index contributed by atoms with van der Waals surface area (Å²) in [6.07, 6.45) is 8.28. The van der Waals surface area contributed by atoms with E-state index in [9.17, 15) is 4.79 Å². The van der Waals surface area contributed by atoms with Gasteiger partial charge in [0.25, 0.3) is 0 Å². The molecule has 6 heteroatoms. The zero-order valence-corrected chi connectivity index (χ0v) is 31.1. The van der Waals surface area contributed by atoms with Gasteiger partial charge in [-0.3, -0.25) is 9.69 Å². The van der Waals surface area contributed by atoms with Crippen LogP contribution in [0.25, 0.3) is 0 Å². The van der Waals surface area contributed by atoms with Gasteiger partial charge in [0, 0.05) is 23.9 Å². The molecule has 0 amide bonds. The molecule has 0 bridgehead atoms. The summed E-state index contributed by atoms with van der Waals surface area (Å²) in [7, 11) is 1.50. The van der Waals surface area contributed by atoms with Crippen LogP contribution in [0.15, 0.2) is 12.1 Å². The highest BCUT2D eigenvalue weighted by Gasteiger charge is 2.21. The number of ketones is 1. The first-order valence-electron chi connectivity index (χ1n) is 16.7. The number of carbonyl (C=O) groups excluding carboxylic acids is 1. The molecular weight excluding hydrogens is 522 g/mol. The maximum Gasteiger partial charge on any atom is 0.197 e. The van der Waals surface area contributed by atoms with Gasteiger partial charge in [0.1, 0.15) is 12.4 Å². The zero-order valence-electron chi connectivity index (χ0n) is 31.1. The molecular formula is C36H75N3O3. The van der Waals surface area contributed by atoms with Crippen LogP contribution in [0, 0.1) is 5.41 Å². The zero-order chi connectivity index (χ0) is 34.1. The fourth-order valence-electron chi connectivity index (χ4n) is 3.45. The Bertz CT molecular complexity index is 708. The molecule has 0 aliphatic rings. The van der Waals surface area contributed by atoms with E-state index in [2.05, 4.69) is 79.0 Å². The van der Waals surface area contributed by atoms with Crippen LogP contribution < -0.4 is 10.5 Å². The molecule has 0 spiro atoms. The highest BCUT2D eigenvalue weighted by molar-refractivity contribution is 5.82. The number of carbonyl (C=O) groups is 1. The van der Waals surface area contributed by atoms with Crippen molar-refractivity contribution in [3.05, 3.63) is 28.8 Å². The lowest BCUT2D eigenvalue weighted by molar-refractivity contribution is -0.130. The van der Waals surface area contributed by atoms with Gasteiger partial charge in [0.2, 0.25) is 0 Å². The van der Waals surface area contributed by atoms with E-state index in [1.165, 1.54) is 51.4 Å². The molecule has 3 N–H and O–H groups in total. The van der Waals surface area contributed by atoms with E-state index in [1.54, 1.807) is 6.92 Å². The van der Waals surface area contributed by atoms with Crippen LogP contribution in [0.4, 0.5) is 0 Å². The van der Waals surface area contributed by atoms with E-state index in [-0.39, 0.29) is 17.8 Å². The van der Waals surface area contributed by atoms with E-state index in [4.69, 9.17) is 14.9 Å². The first kappa shape index (κ1) is 49.9. The molecule has 1 aromatic rings. The molecule has 1 aromatic carbocycles. The summed E-state index contributed by atoms with van der Waals surface area (Å²) < 4.78 is 11.6. The van der Waals surface area contributed by atoms with E-state index >= 15 is 0 Å². The lowest BCUT2D eigenvalue weighted by Gasteiger charge is -2.28. The summed E-state index contributed by atoms with van der Waals surface area (Å²) in [4.78, 5) is 13.6. The minimum absolute atomic E-state index is 0.0221. The van der Waals surface area contributed by atoms with E-state index < -0.39 is 6.29 Å². The number of nitrogens with two attached hydrogens (primary N) is 1. The van der Waals surface area contributed by atoms with Gasteiger partial charge in [-0.1, -0.05) is 122 Å². The van der Waals surface area contributed by atoms with Crippen molar-refractivity contribution in [2.75, 3.05) is 26.7 Å². The van der Waals surface area contributed by atoms with Gasteiger partial charge in [-0.2, -0.15) is 0 Å². The van der Waals surface area contributed by atoms with Gasteiger partial charge in [0.15, 0.2) is 12.1 Å². The molecule has 252 valence electrons. The minimum atomic E-state index is -0.562. The van der Waals surface area contributed by atoms with Gasteiger partial charge >= 0.3 is 0 Å². The molecule has 1 unspecified atom stereocenters. The van der Waals surface area contributed by atoms with Crippen molar-refractivity contribution in [1.29, 1.82) is 5.41 Å². The van der Waals surface area contributed by atoms with Gasteiger partial charge < -0.3 is 20.6 Å². The maximum atomic E-state index is 11.2. The number of Topliss-reactive ketones (excluding diaryl/α,β-unsaturated/α-hetero) is 1. The van der Waals surface area contributed by atoms with Gasteiger partial charge in [-0.15, -0.1) is 0 Å². The number of hydrogen-bond acceptors (Lipinski definition) is 6. The number of benzene rings is 1. The summed E-state index contributed by atoms with van der Waals surface area (Å²) in [6, 6.07) is 4.21. The second kappa shape index (κ2) is 35.4. The average Bonchev–Trinajstić information content (AvgIpc) is 2.97. The number of unbranched alkanes of at least 4 members (excludes halogenated alkanes) is 2. The predicted octanol–water partition coefficient (Wildman–Crippen LogP) is 10.2. The molecule has 1 atom stereocenters. The first-order valence-corrected chi connectivity index (χ1v) is 16.7. The van der Waals surface area contributed by atoms with Gasteiger partial charge in [-0.05, 0) is 63.9 Å². The van der Waals surface area contributed by atoms with Crippen LogP contribution in [0.2, 0.25) is 0 Å². The fourth-order valence-corrected chi connectivity index (χ4v) is 3.45. The minimum Gasteiger partial charge on any atom is -0.464 e. The average molecular weight is 598 g/mol. The third-order valence-corrected chi connectivity index (χ3v) is 5.20. The van der Waals surface area contributed by atoms with Gasteiger partial charge in [0.05, 0.1) is 0 Å². The second-order valence-electron chi connectivity index (χ2n) is 10.5. The van der Waals surface area contributed by atoms with Crippen molar-refractivity contribution >= 4 is 12.0 Å². The van der Waals surface area contributed by atoms with E-state index in [1.807, 2.05) is 33.8 Å². The Morgan fingerprint density at radius 2 is 1.38 bits per heavy atom. The first-order chi connectivity index (χ1) is 19.9. The van der Waals surface area contributed by atoms with Crippen molar-refractivity contribution in [2.24, 2.45) is 5.73 Å². The molecule has 0 saturated heterocycles. The largest absolute Gasteiger partial charge is 0.464 e. The Morgan fingerprint density at radius 3 is 1.69 bits per heavy atom. The lowest BCUT2D eigenvalue weighted by Crippen LogP contribution is -2.27.